The maximum atomic E-state index is 5.31. The summed E-state index contributed by atoms with van der Waals surface area (Å²) in [6, 6.07) is 0. The molecular weight excluding hydrogens is 146 g/mol. The van der Waals surface area contributed by atoms with Crippen molar-refractivity contribution in [2.45, 2.75) is 6.23 Å². The minimum Gasteiger partial charge on any atom is -0.369 e. The zero-order valence-electron chi connectivity index (χ0n) is 6.21. The highest BCUT2D eigenvalue weighted by atomic mass is 16.5. The lowest BCUT2D eigenvalue weighted by Gasteiger charge is -2.20. The van der Waals surface area contributed by atoms with Crippen LogP contribution in [0, 0.1) is 0 Å². The van der Waals surface area contributed by atoms with E-state index in [0.717, 1.165) is 6.54 Å². The Morgan fingerprint density at radius 1 is 1.73 bits per heavy atom. The molecule has 0 amide bonds. The molecule has 64 valence electrons. The number of nitrogens with one attached hydrogen (secondary N) is 2. The fourth-order valence-electron chi connectivity index (χ4n) is 0.827. The highest BCUT2D eigenvalue weighted by molar-refractivity contribution is 5.77. The lowest BCUT2D eigenvalue weighted by molar-refractivity contribution is 0.0345. The van der Waals surface area contributed by atoms with E-state index in [9.17, 15) is 0 Å². The third kappa shape index (κ3) is 2.71. The fourth-order valence-corrected chi connectivity index (χ4v) is 0.827. The molecule has 0 radical (unpaired) electrons. The molecule has 1 atom stereocenters. The highest BCUT2D eigenvalue weighted by Gasteiger charge is 2.11. The summed E-state index contributed by atoms with van der Waals surface area (Å²) >= 11 is 0. The van der Waals surface area contributed by atoms with Crippen molar-refractivity contribution < 1.29 is 4.74 Å². The van der Waals surface area contributed by atoms with Crippen LogP contribution in [0.2, 0.25) is 0 Å². The summed E-state index contributed by atoms with van der Waals surface area (Å²) in [5, 5.41) is 3.11. The van der Waals surface area contributed by atoms with Gasteiger partial charge in [-0.2, -0.15) is 0 Å². The van der Waals surface area contributed by atoms with Crippen molar-refractivity contribution in [3.8, 4) is 0 Å². The number of rotatable bonds is 1. The molecule has 0 spiro atoms. The molecule has 1 aliphatic rings. The summed E-state index contributed by atoms with van der Waals surface area (Å²) in [7, 11) is 0. The van der Waals surface area contributed by atoms with Crippen molar-refractivity contribution in [2.24, 2.45) is 16.6 Å². The fraction of sp³-hybridized carbons (Fsp3) is 0.800. The van der Waals surface area contributed by atoms with Crippen LogP contribution >= 0.6 is 0 Å². The molecule has 11 heavy (non-hydrogen) atoms. The Morgan fingerprint density at radius 2 is 2.55 bits per heavy atom. The summed E-state index contributed by atoms with van der Waals surface area (Å²) in [5.41, 5.74) is 7.54. The molecule has 1 rings (SSSR count). The number of ether oxygens (including phenoxy) is 1. The summed E-state index contributed by atoms with van der Waals surface area (Å²) < 4.78 is 5.22. The van der Waals surface area contributed by atoms with Crippen molar-refractivity contribution in [3.05, 3.63) is 0 Å². The number of morpholine rings is 1. The molecular formula is C5H13N5O. The average Bonchev–Trinajstić information content (AvgIpc) is 2.06. The molecule has 1 aliphatic heterocycles. The number of nitrogens with zero attached hydrogens (tertiary/aromatic N) is 1. The molecule has 0 aromatic rings. The van der Waals surface area contributed by atoms with E-state index >= 15 is 0 Å². The van der Waals surface area contributed by atoms with Gasteiger partial charge in [-0.3, -0.25) is 5.43 Å². The molecule has 0 bridgehead atoms. The first-order valence-corrected chi connectivity index (χ1v) is 3.45. The molecule has 6 N–H and O–H groups in total. The van der Waals surface area contributed by atoms with E-state index in [1.54, 1.807) is 0 Å². The number of aliphatic imine (C=N–C) groups is 1. The van der Waals surface area contributed by atoms with E-state index < -0.39 is 0 Å². The van der Waals surface area contributed by atoms with Crippen LogP contribution in [0.3, 0.4) is 0 Å². The lowest BCUT2D eigenvalue weighted by Crippen LogP contribution is -2.42. The Morgan fingerprint density at radius 3 is 3.09 bits per heavy atom. The van der Waals surface area contributed by atoms with Gasteiger partial charge in [-0.1, -0.05) is 0 Å². The zero-order chi connectivity index (χ0) is 8.10. The third-order valence-electron chi connectivity index (χ3n) is 1.34. The molecule has 1 saturated heterocycles. The molecule has 0 aromatic carbocycles. The van der Waals surface area contributed by atoms with Crippen LogP contribution in [0.25, 0.3) is 0 Å². The number of hydrogen-bond acceptors (Lipinski definition) is 4. The van der Waals surface area contributed by atoms with Gasteiger partial charge >= 0.3 is 0 Å². The summed E-state index contributed by atoms with van der Waals surface area (Å²) in [6.45, 7) is 2.20. The standard InChI is InChI=1S/C5H13N5O/c6-5(10-7)9-4-3-8-1-2-11-4/h4,8H,1-3,7H2,(H3,6,9,10). The van der Waals surface area contributed by atoms with Crippen molar-refractivity contribution in [1.29, 1.82) is 0 Å². The van der Waals surface area contributed by atoms with Crippen LogP contribution in [-0.4, -0.2) is 31.9 Å². The van der Waals surface area contributed by atoms with Gasteiger partial charge in [0.1, 0.15) is 0 Å². The smallest absolute Gasteiger partial charge is 0.205 e. The monoisotopic (exact) mass is 159 g/mol. The number of guanidine groups is 1. The minimum absolute atomic E-state index is 0.193. The summed E-state index contributed by atoms with van der Waals surface area (Å²) in [5.74, 6) is 5.20. The van der Waals surface area contributed by atoms with E-state index in [1.165, 1.54) is 0 Å². The normalized spacial score (nSPS) is 26.6. The van der Waals surface area contributed by atoms with Crippen LogP contribution in [0.1, 0.15) is 0 Å². The SMILES string of the molecule is NN/C(N)=N\C1CNCCO1. The van der Waals surface area contributed by atoms with E-state index in [2.05, 4.69) is 15.7 Å². The second-order valence-corrected chi connectivity index (χ2v) is 2.19. The number of nitrogens with two attached hydrogens (primary N) is 2. The molecule has 0 saturated carbocycles. The van der Waals surface area contributed by atoms with Crippen LogP contribution < -0.4 is 22.3 Å². The molecule has 0 aromatic heterocycles. The molecule has 6 nitrogen and oxygen atoms in total. The van der Waals surface area contributed by atoms with Gasteiger partial charge in [0.05, 0.1) is 6.61 Å². The van der Waals surface area contributed by atoms with Crippen molar-refractivity contribution in [3.63, 3.8) is 0 Å². The van der Waals surface area contributed by atoms with Crippen molar-refractivity contribution >= 4 is 5.96 Å². The molecule has 1 unspecified atom stereocenters. The average molecular weight is 159 g/mol. The Hall–Kier alpha value is -0.850. The van der Waals surface area contributed by atoms with Crippen molar-refractivity contribution in [2.75, 3.05) is 19.7 Å². The van der Waals surface area contributed by atoms with E-state index in [1.807, 2.05) is 0 Å². The molecule has 1 fully saturated rings. The van der Waals surface area contributed by atoms with Crippen LogP contribution in [0.4, 0.5) is 0 Å². The van der Waals surface area contributed by atoms with Crippen LogP contribution in [0.15, 0.2) is 4.99 Å². The predicted octanol–water partition coefficient (Wildman–Crippen LogP) is -2.29. The second kappa shape index (κ2) is 4.12. The van der Waals surface area contributed by atoms with Gasteiger partial charge in [-0.25, -0.2) is 10.8 Å². The Kier molecular flexibility index (Phi) is 3.09. The topological polar surface area (TPSA) is 97.7 Å². The van der Waals surface area contributed by atoms with E-state index in [4.69, 9.17) is 16.3 Å². The van der Waals surface area contributed by atoms with Gasteiger partial charge in [0.2, 0.25) is 5.96 Å². The lowest BCUT2D eigenvalue weighted by atomic mass is 10.5. The highest BCUT2D eigenvalue weighted by Crippen LogP contribution is 1.95. The maximum Gasteiger partial charge on any atom is 0.205 e. The molecule has 6 heteroatoms. The minimum atomic E-state index is -0.209. The maximum absolute atomic E-state index is 5.31. The second-order valence-electron chi connectivity index (χ2n) is 2.19. The van der Waals surface area contributed by atoms with Crippen molar-refractivity contribution in [1.82, 2.24) is 10.7 Å². The van der Waals surface area contributed by atoms with E-state index in [-0.39, 0.29) is 12.2 Å². The van der Waals surface area contributed by atoms with Crippen LogP contribution in [0.5, 0.6) is 0 Å². The van der Waals surface area contributed by atoms with Gasteiger partial charge in [-0.05, 0) is 0 Å². The predicted molar refractivity (Wildman–Crippen MR) is 41.6 cm³/mol. The van der Waals surface area contributed by atoms with Gasteiger partial charge in [0, 0.05) is 13.1 Å². The molecule has 0 aliphatic carbocycles. The Bertz CT molecular complexity index is 142. The first kappa shape index (κ1) is 8.25. The van der Waals surface area contributed by atoms with Gasteiger partial charge < -0.3 is 15.8 Å². The third-order valence-corrected chi connectivity index (χ3v) is 1.34. The largest absolute Gasteiger partial charge is 0.369 e. The van der Waals surface area contributed by atoms with Gasteiger partial charge in [0.15, 0.2) is 6.23 Å². The number of hydrazine groups is 1. The zero-order valence-corrected chi connectivity index (χ0v) is 6.21. The van der Waals surface area contributed by atoms with E-state index in [0.29, 0.717) is 13.2 Å². The first-order valence-electron chi connectivity index (χ1n) is 3.45. The first-order chi connectivity index (χ1) is 5.33. The number of hydrogen-bond donors (Lipinski definition) is 4. The summed E-state index contributed by atoms with van der Waals surface area (Å²) in [6.07, 6.45) is -0.209. The van der Waals surface area contributed by atoms with Crippen LogP contribution in [-0.2, 0) is 4.74 Å². The van der Waals surface area contributed by atoms with Gasteiger partial charge in [-0.15, -0.1) is 0 Å². The quantitative estimate of drug-likeness (QED) is 0.149. The van der Waals surface area contributed by atoms with Gasteiger partial charge in [0.25, 0.3) is 0 Å². The molecule has 1 heterocycles. The Labute approximate surface area is 65.0 Å². The summed E-state index contributed by atoms with van der Waals surface area (Å²) in [4.78, 5) is 3.93. The Balaban J connectivity index is 2.34.